The van der Waals surface area contributed by atoms with Crippen LogP contribution in [0.25, 0.3) is 0 Å². The minimum absolute atomic E-state index is 0.0691. The molecule has 1 amide bonds. The van der Waals surface area contributed by atoms with Crippen molar-refractivity contribution in [2.45, 2.75) is 33.7 Å². The van der Waals surface area contributed by atoms with E-state index in [2.05, 4.69) is 5.32 Å². The minimum atomic E-state index is -0.435. The van der Waals surface area contributed by atoms with Gasteiger partial charge in [-0.1, -0.05) is 13.8 Å². The van der Waals surface area contributed by atoms with Crippen molar-refractivity contribution >= 4 is 23.2 Å². The van der Waals surface area contributed by atoms with E-state index in [9.17, 15) is 9.59 Å². The fraction of sp³-hybridized carbons (Fsp3) is 0.538. The van der Waals surface area contributed by atoms with Gasteiger partial charge in [-0.25, -0.2) is 4.79 Å². The predicted molar refractivity (Wildman–Crippen MR) is 71.8 cm³/mol. The summed E-state index contributed by atoms with van der Waals surface area (Å²) in [6, 6.07) is 1.92. The van der Waals surface area contributed by atoms with Crippen molar-refractivity contribution in [2.75, 3.05) is 6.61 Å². The van der Waals surface area contributed by atoms with Crippen LogP contribution >= 0.6 is 11.3 Å². The van der Waals surface area contributed by atoms with Crippen molar-refractivity contribution in [1.82, 2.24) is 5.32 Å². The summed E-state index contributed by atoms with van der Waals surface area (Å²) in [5, 5.41) is 4.61. The van der Waals surface area contributed by atoms with Crippen LogP contribution in [0.5, 0.6) is 0 Å². The summed E-state index contributed by atoms with van der Waals surface area (Å²) in [4.78, 5) is 23.7. The highest BCUT2D eigenvalue weighted by Crippen LogP contribution is 2.16. The first kappa shape index (κ1) is 14.7. The van der Waals surface area contributed by atoms with Crippen molar-refractivity contribution in [3.05, 3.63) is 21.9 Å². The van der Waals surface area contributed by atoms with E-state index in [-0.39, 0.29) is 18.6 Å². The first-order valence-corrected chi connectivity index (χ1v) is 6.80. The predicted octanol–water partition coefficient (Wildman–Crippen LogP) is 2.37. The van der Waals surface area contributed by atoms with Crippen LogP contribution in [0.1, 0.15) is 36.0 Å². The number of rotatable bonds is 5. The normalized spacial score (nSPS) is 12.3. The van der Waals surface area contributed by atoms with Crippen LogP contribution in [0.15, 0.2) is 11.4 Å². The molecule has 0 fully saturated rings. The number of nitrogens with one attached hydrogen (secondary N) is 1. The molecule has 100 valence electrons. The van der Waals surface area contributed by atoms with Gasteiger partial charge in [0.1, 0.15) is 4.88 Å². The van der Waals surface area contributed by atoms with Gasteiger partial charge in [0.15, 0.2) is 6.61 Å². The molecule has 0 spiro atoms. The third-order valence-corrected chi connectivity index (χ3v) is 3.77. The average molecular weight is 269 g/mol. The molecule has 1 aromatic heterocycles. The van der Waals surface area contributed by atoms with Gasteiger partial charge < -0.3 is 10.1 Å². The van der Waals surface area contributed by atoms with E-state index in [4.69, 9.17) is 4.74 Å². The SMILES string of the molecule is Cc1ccsc1C(=O)OCC(=O)NC(C)C(C)C. The zero-order valence-electron chi connectivity index (χ0n) is 11.1. The highest BCUT2D eigenvalue weighted by Gasteiger charge is 2.15. The standard InChI is InChI=1S/C13H19NO3S/c1-8(2)10(4)14-11(15)7-17-13(16)12-9(3)5-6-18-12/h5-6,8,10H,7H2,1-4H3,(H,14,15). The lowest BCUT2D eigenvalue weighted by Gasteiger charge is -2.17. The molecule has 1 N–H and O–H groups in total. The Morgan fingerprint density at radius 1 is 1.39 bits per heavy atom. The molecule has 4 nitrogen and oxygen atoms in total. The number of thiophene rings is 1. The van der Waals surface area contributed by atoms with Crippen molar-refractivity contribution in [3.8, 4) is 0 Å². The van der Waals surface area contributed by atoms with Crippen molar-refractivity contribution < 1.29 is 14.3 Å². The second kappa shape index (κ2) is 6.54. The van der Waals surface area contributed by atoms with Gasteiger partial charge in [-0.15, -0.1) is 11.3 Å². The van der Waals surface area contributed by atoms with Gasteiger partial charge in [-0.05, 0) is 36.8 Å². The molecule has 1 heterocycles. The van der Waals surface area contributed by atoms with E-state index < -0.39 is 5.97 Å². The monoisotopic (exact) mass is 269 g/mol. The fourth-order valence-corrected chi connectivity index (χ4v) is 2.06. The smallest absolute Gasteiger partial charge is 0.349 e. The Morgan fingerprint density at radius 3 is 2.56 bits per heavy atom. The molecule has 0 aromatic carbocycles. The number of amides is 1. The van der Waals surface area contributed by atoms with Gasteiger partial charge in [-0.3, -0.25) is 4.79 Å². The maximum atomic E-state index is 11.7. The number of carbonyl (C=O) groups excluding carboxylic acids is 2. The summed E-state index contributed by atoms with van der Waals surface area (Å²) in [5.74, 6) is -0.349. The molecule has 0 aliphatic rings. The Kier molecular flexibility index (Phi) is 5.34. The lowest BCUT2D eigenvalue weighted by atomic mass is 10.1. The van der Waals surface area contributed by atoms with Crippen LogP contribution in [0.4, 0.5) is 0 Å². The molecule has 0 aliphatic heterocycles. The second-order valence-electron chi connectivity index (χ2n) is 4.61. The summed E-state index contributed by atoms with van der Waals surface area (Å²) in [6.45, 7) is 7.58. The van der Waals surface area contributed by atoms with Crippen molar-refractivity contribution in [3.63, 3.8) is 0 Å². The lowest BCUT2D eigenvalue weighted by molar-refractivity contribution is -0.125. The molecule has 0 aliphatic carbocycles. The maximum absolute atomic E-state index is 11.7. The number of hydrogen-bond donors (Lipinski definition) is 1. The maximum Gasteiger partial charge on any atom is 0.349 e. The molecule has 0 saturated carbocycles. The first-order chi connectivity index (χ1) is 8.41. The van der Waals surface area contributed by atoms with Crippen LogP contribution < -0.4 is 5.32 Å². The van der Waals surface area contributed by atoms with Gasteiger partial charge in [0.05, 0.1) is 0 Å². The van der Waals surface area contributed by atoms with Gasteiger partial charge in [0, 0.05) is 6.04 Å². The Labute approximate surface area is 111 Å². The number of aryl methyl sites for hydroxylation is 1. The summed E-state index contributed by atoms with van der Waals surface area (Å²) >= 11 is 1.32. The number of ether oxygens (including phenoxy) is 1. The third kappa shape index (κ3) is 4.14. The number of carbonyl (C=O) groups is 2. The summed E-state index contributed by atoms with van der Waals surface area (Å²) in [5.41, 5.74) is 0.876. The Morgan fingerprint density at radius 2 is 2.06 bits per heavy atom. The molecule has 0 saturated heterocycles. The molecule has 5 heteroatoms. The molecule has 1 rings (SSSR count). The molecule has 0 bridgehead atoms. The topological polar surface area (TPSA) is 55.4 Å². The molecular formula is C13H19NO3S. The van der Waals surface area contributed by atoms with Crippen molar-refractivity contribution in [1.29, 1.82) is 0 Å². The van der Waals surface area contributed by atoms with Gasteiger partial charge in [-0.2, -0.15) is 0 Å². The second-order valence-corrected chi connectivity index (χ2v) is 5.53. The van der Waals surface area contributed by atoms with Gasteiger partial charge in [0.25, 0.3) is 5.91 Å². The third-order valence-electron chi connectivity index (χ3n) is 2.77. The van der Waals surface area contributed by atoms with E-state index >= 15 is 0 Å². The summed E-state index contributed by atoms with van der Waals surface area (Å²) < 4.78 is 4.97. The highest BCUT2D eigenvalue weighted by atomic mass is 32.1. The first-order valence-electron chi connectivity index (χ1n) is 5.92. The minimum Gasteiger partial charge on any atom is -0.451 e. The largest absolute Gasteiger partial charge is 0.451 e. The van der Waals surface area contributed by atoms with Crippen LogP contribution in [0.2, 0.25) is 0 Å². The number of esters is 1. The molecular weight excluding hydrogens is 250 g/mol. The molecule has 1 aromatic rings. The number of hydrogen-bond acceptors (Lipinski definition) is 4. The van der Waals surface area contributed by atoms with E-state index in [1.165, 1.54) is 11.3 Å². The van der Waals surface area contributed by atoms with Crippen LogP contribution in [-0.2, 0) is 9.53 Å². The van der Waals surface area contributed by atoms with Gasteiger partial charge >= 0.3 is 5.97 Å². The lowest BCUT2D eigenvalue weighted by Crippen LogP contribution is -2.38. The average Bonchev–Trinajstić information content (AvgIpc) is 2.72. The molecule has 1 atom stereocenters. The van der Waals surface area contributed by atoms with Crippen molar-refractivity contribution in [2.24, 2.45) is 5.92 Å². The van der Waals surface area contributed by atoms with E-state index in [1.807, 2.05) is 39.1 Å². The Hall–Kier alpha value is -1.36. The zero-order valence-corrected chi connectivity index (χ0v) is 12.0. The van der Waals surface area contributed by atoms with E-state index in [0.29, 0.717) is 10.8 Å². The highest BCUT2D eigenvalue weighted by molar-refractivity contribution is 7.12. The zero-order chi connectivity index (χ0) is 13.7. The van der Waals surface area contributed by atoms with Crippen LogP contribution in [0, 0.1) is 12.8 Å². The molecule has 0 radical (unpaired) electrons. The fourth-order valence-electron chi connectivity index (χ4n) is 1.24. The Balaban J connectivity index is 2.40. The molecule has 18 heavy (non-hydrogen) atoms. The summed E-state index contributed by atoms with van der Waals surface area (Å²) in [7, 11) is 0. The summed E-state index contributed by atoms with van der Waals surface area (Å²) in [6.07, 6.45) is 0. The van der Waals surface area contributed by atoms with Gasteiger partial charge in [0.2, 0.25) is 0 Å². The van der Waals surface area contributed by atoms with Crippen LogP contribution in [-0.4, -0.2) is 24.5 Å². The van der Waals surface area contributed by atoms with Crippen LogP contribution in [0.3, 0.4) is 0 Å². The Bertz CT molecular complexity index is 426. The quantitative estimate of drug-likeness (QED) is 0.835. The van der Waals surface area contributed by atoms with E-state index in [0.717, 1.165) is 5.56 Å². The van der Waals surface area contributed by atoms with E-state index in [1.54, 1.807) is 0 Å². The molecule has 1 unspecified atom stereocenters.